The number of hydrogen-bond donors (Lipinski definition) is 1. The van der Waals surface area contributed by atoms with Gasteiger partial charge in [-0.3, -0.25) is 4.90 Å². The SMILES string of the molecule is CCCNC(=O)N1CCN(Cc2ccc(OC)c(C)c2)CC1. The van der Waals surface area contributed by atoms with Crippen molar-refractivity contribution in [1.29, 1.82) is 0 Å². The minimum Gasteiger partial charge on any atom is -0.496 e. The van der Waals surface area contributed by atoms with Gasteiger partial charge in [0.05, 0.1) is 7.11 Å². The van der Waals surface area contributed by atoms with Crippen molar-refractivity contribution in [1.82, 2.24) is 15.1 Å². The molecular formula is C17H27N3O2. The summed E-state index contributed by atoms with van der Waals surface area (Å²) in [6.45, 7) is 9.25. The van der Waals surface area contributed by atoms with Crippen molar-refractivity contribution >= 4 is 6.03 Å². The average molecular weight is 305 g/mol. The molecule has 0 atom stereocenters. The number of carbonyl (C=O) groups excluding carboxylic acids is 1. The standard InChI is InChI=1S/C17H27N3O2/c1-4-7-18-17(21)20-10-8-19(9-11-20)13-15-5-6-16(22-3)14(2)12-15/h5-6,12H,4,7-11,13H2,1-3H3,(H,18,21). The van der Waals surface area contributed by atoms with Crippen LogP contribution in [0.1, 0.15) is 24.5 Å². The van der Waals surface area contributed by atoms with Crippen LogP contribution in [0.25, 0.3) is 0 Å². The van der Waals surface area contributed by atoms with E-state index in [0.717, 1.165) is 57.0 Å². The van der Waals surface area contributed by atoms with E-state index >= 15 is 0 Å². The second kappa shape index (κ2) is 8.03. The Labute approximate surface area is 133 Å². The second-order valence-corrected chi connectivity index (χ2v) is 5.80. The lowest BCUT2D eigenvalue weighted by Crippen LogP contribution is -2.51. The summed E-state index contributed by atoms with van der Waals surface area (Å²) in [4.78, 5) is 16.2. The van der Waals surface area contributed by atoms with Crippen molar-refractivity contribution in [3.8, 4) is 5.75 Å². The number of rotatable bonds is 5. The van der Waals surface area contributed by atoms with Gasteiger partial charge in [0.2, 0.25) is 0 Å². The molecule has 2 amide bonds. The third-order valence-corrected chi connectivity index (χ3v) is 4.05. The monoisotopic (exact) mass is 305 g/mol. The van der Waals surface area contributed by atoms with Gasteiger partial charge in [0.1, 0.15) is 5.75 Å². The Morgan fingerprint density at radius 1 is 1.27 bits per heavy atom. The van der Waals surface area contributed by atoms with Crippen molar-refractivity contribution < 1.29 is 9.53 Å². The maximum atomic E-state index is 11.9. The minimum absolute atomic E-state index is 0.0711. The average Bonchev–Trinajstić information content (AvgIpc) is 2.53. The molecule has 0 unspecified atom stereocenters. The summed E-state index contributed by atoms with van der Waals surface area (Å²) >= 11 is 0. The molecule has 5 heteroatoms. The summed E-state index contributed by atoms with van der Waals surface area (Å²) in [5, 5.41) is 2.94. The van der Waals surface area contributed by atoms with Crippen LogP contribution in [0, 0.1) is 6.92 Å². The molecule has 122 valence electrons. The zero-order valence-electron chi connectivity index (χ0n) is 13.9. The number of ether oxygens (including phenoxy) is 1. The molecule has 1 heterocycles. The van der Waals surface area contributed by atoms with Crippen LogP contribution in [-0.2, 0) is 6.54 Å². The van der Waals surface area contributed by atoms with Crippen LogP contribution in [0.5, 0.6) is 5.75 Å². The summed E-state index contributed by atoms with van der Waals surface area (Å²) in [6, 6.07) is 6.39. The highest BCUT2D eigenvalue weighted by Crippen LogP contribution is 2.19. The first-order valence-corrected chi connectivity index (χ1v) is 8.02. The summed E-state index contributed by atoms with van der Waals surface area (Å²) in [6.07, 6.45) is 0.975. The number of hydrogen-bond acceptors (Lipinski definition) is 3. The molecule has 1 aliphatic heterocycles. The third kappa shape index (κ3) is 4.37. The maximum Gasteiger partial charge on any atom is 0.317 e. The van der Waals surface area contributed by atoms with Gasteiger partial charge in [-0.1, -0.05) is 19.1 Å². The molecule has 2 rings (SSSR count). The van der Waals surface area contributed by atoms with Gasteiger partial charge in [0.25, 0.3) is 0 Å². The Bertz CT molecular complexity index is 497. The normalized spacial score (nSPS) is 15.7. The molecular weight excluding hydrogens is 278 g/mol. The Morgan fingerprint density at radius 2 is 2.00 bits per heavy atom. The Balaban J connectivity index is 1.82. The van der Waals surface area contributed by atoms with E-state index in [9.17, 15) is 4.79 Å². The van der Waals surface area contributed by atoms with Crippen LogP contribution >= 0.6 is 0 Å². The van der Waals surface area contributed by atoms with Crippen LogP contribution in [-0.4, -0.2) is 55.7 Å². The van der Waals surface area contributed by atoms with E-state index in [4.69, 9.17) is 4.74 Å². The predicted molar refractivity (Wildman–Crippen MR) is 88.3 cm³/mol. The highest BCUT2D eigenvalue weighted by atomic mass is 16.5. The van der Waals surface area contributed by atoms with E-state index in [1.807, 2.05) is 11.0 Å². The van der Waals surface area contributed by atoms with E-state index in [1.165, 1.54) is 5.56 Å². The van der Waals surface area contributed by atoms with E-state index in [2.05, 4.69) is 36.2 Å². The number of nitrogens with one attached hydrogen (secondary N) is 1. The highest BCUT2D eigenvalue weighted by Gasteiger charge is 2.20. The van der Waals surface area contributed by atoms with Crippen molar-refractivity contribution in [2.45, 2.75) is 26.8 Å². The molecule has 0 aliphatic carbocycles. The molecule has 0 radical (unpaired) electrons. The lowest BCUT2D eigenvalue weighted by molar-refractivity contribution is 0.135. The van der Waals surface area contributed by atoms with Gasteiger partial charge in [-0.15, -0.1) is 0 Å². The highest BCUT2D eigenvalue weighted by molar-refractivity contribution is 5.74. The van der Waals surface area contributed by atoms with Crippen molar-refractivity contribution in [3.63, 3.8) is 0 Å². The fourth-order valence-electron chi connectivity index (χ4n) is 2.75. The fraction of sp³-hybridized carbons (Fsp3) is 0.588. The molecule has 1 aliphatic rings. The van der Waals surface area contributed by atoms with E-state index in [1.54, 1.807) is 7.11 Å². The number of benzene rings is 1. The molecule has 0 saturated carbocycles. The molecule has 1 fully saturated rings. The largest absolute Gasteiger partial charge is 0.496 e. The molecule has 1 saturated heterocycles. The van der Waals surface area contributed by atoms with Gasteiger partial charge >= 0.3 is 6.03 Å². The molecule has 22 heavy (non-hydrogen) atoms. The van der Waals surface area contributed by atoms with Crippen LogP contribution in [0.15, 0.2) is 18.2 Å². The van der Waals surface area contributed by atoms with Crippen LogP contribution in [0.3, 0.4) is 0 Å². The minimum atomic E-state index is 0.0711. The molecule has 1 N–H and O–H groups in total. The predicted octanol–water partition coefficient (Wildman–Crippen LogP) is 2.24. The Hall–Kier alpha value is -1.75. The second-order valence-electron chi connectivity index (χ2n) is 5.80. The lowest BCUT2D eigenvalue weighted by atomic mass is 10.1. The van der Waals surface area contributed by atoms with Crippen molar-refractivity contribution in [2.24, 2.45) is 0 Å². The molecule has 0 bridgehead atoms. The number of methoxy groups -OCH3 is 1. The number of amides is 2. The summed E-state index contributed by atoms with van der Waals surface area (Å²) < 4.78 is 5.30. The number of piperazine rings is 1. The van der Waals surface area contributed by atoms with Crippen LogP contribution in [0.4, 0.5) is 4.79 Å². The zero-order valence-corrected chi connectivity index (χ0v) is 13.9. The van der Waals surface area contributed by atoms with Gasteiger partial charge in [0, 0.05) is 39.3 Å². The molecule has 1 aromatic rings. The Morgan fingerprint density at radius 3 is 2.59 bits per heavy atom. The first kappa shape index (κ1) is 16.6. The van der Waals surface area contributed by atoms with Crippen molar-refractivity contribution in [3.05, 3.63) is 29.3 Å². The number of urea groups is 1. The van der Waals surface area contributed by atoms with Gasteiger partial charge < -0.3 is 15.0 Å². The van der Waals surface area contributed by atoms with Gasteiger partial charge in [-0.2, -0.15) is 0 Å². The first-order chi connectivity index (χ1) is 10.6. The number of carbonyl (C=O) groups is 1. The van der Waals surface area contributed by atoms with E-state index in [0.29, 0.717) is 0 Å². The molecule has 1 aromatic carbocycles. The first-order valence-electron chi connectivity index (χ1n) is 8.02. The number of nitrogens with zero attached hydrogens (tertiary/aromatic N) is 2. The van der Waals surface area contributed by atoms with E-state index < -0.39 is 0 Å². The lowest BCUT2D eigenvalue weighted by Gasteiger charge is -2.34. The van der Waals surface area contributed by atoms with Crippen molar-refractivity contribution in [2.75, 3.05) is 39.8 Å². The number of aryl methyl sites for hydroxylation is 1. The Kier molecular flexibility index (Phi) is 6.07. The summed E-state index contributed by atoms with van der Waals surface area (Å²) in [7, 11) is 1.70. The third-order valence-electron chi connectivity index (χ3n) is 4.05. The van der Waals surface area contributed by atoms with Gasteiger partial charge in [-0.05, 0) is 30.5 Å². The molecule has 5 nitrogen and oxygen atoms in total. The topological polar surface area (TPSA) is 44.8 Å². The molecule has 0 aromatic heterocycles. The van der Waals surface area contributed by atoms with Gasteiger partial charge in [-0.25, -0.2) is 4.79 Å². The summed E-state index contributed by atoms with van der Waals surface area (Å²) in [5.41, 5.74) is 2.46. The quantitative estimate of drug-likeness (QED) is 0.907. The summed E-state index contributed by atoms with van der Waals surface area (Å²) in [5.74, 6) is 0.932. The maximum absolute atomic E-state index is 11.9. The molecule has 0 spiro atoms. The zero-order chi connectivity index (χ0) is 15.9. The van der Waals surface area contributed by atoms with Crippen LogP contribution < -0.4 is 10.1 Å². The van der Waals surface area contributed by atoms with E-state index in [-0.39, 0.29) is 6.03 Å². The smallest absolute Gasteiger partial charge is 0.317 e. The van der Waals surface area contributed by atoms with Gasteiger partial charge in [0.15, 0.2) is 0 Å². The van der Waals surface area contributed by atoms with Crippen LogP contribution in [0.2, 0.25) is 0 Å². The fourth-order valence-corrected chi connectivity index (χ4v) is 2.75.